The Morgan fingerprint density at radius 1 is 1.25 bits per heavy atom. The summed E-state index contributed by atoms with van der Waals surface area (Å²) in [5.41, 5.74) is 2.14. The van der Waals surface area contributed by atoms with Gasteiger partial charge in [0, 0.05) is 50.6 Å². The minimum absolute atomic E-state index is 0. The molecule has 2 unspecified atom stereocenters. The number of rotatable bonds is 9. The van der Waals surface area contributed by atoms with Crippen LogP contribution in [-0.4, -0.2) is 34.9 Å². The molecule has 1 radical (unpaired) electrons. The van der Waals surface area contributed by atoms with Crippen molar-refractivity contribution in [2.24, 2.45) is 11.8 Å². The second-order valence-corrected chi connectivity index (χ2v) is 7.01. The fraction of sp³-hybridized carbons (Fsp3) is 0.632. The molecule has 5 heteroatoms. The Balaban J connectivity index is 0.00000288. The predicted molar refractivity (Wildman–Crippen MR) is 93.3 cm³/mol. The van der Waals surface area contributed by atoms with E-state index >= 15 is 0 Å². The molecule has 1 aliphatic carbocycles. The molecular weight excluding hydrogens is 401 g/mol. The fourth-order valence-corrected chi connectivity index (χ4v) is 3.90. The monoisotopic (exact) mass is 428 g/mol. The molecule has 1 aromatic rings. The molecule has 24 heavy (non-hydrogen) atoms. The molecule has 0 saturated heterocycles. The van der Waals surface area contributed by atoms with E-state index in [0.29, 0.717) is 19.6 Å². The van der Waals surface area contributed by atoms with Crippen LogP contribution >= 0.6 is 11.6 Å². The Kier molecular flexibility index (Phi) is 11.3. The molecule has 1 saturated carbocycles. The van der Waals surface area contributed by atoms with Crippen molar-refractivity contribution in [1.29, 1.82) is 0 Å². The molecule has 0 heterocycles. The van der Waals surface area contributed by atoms with Gasteiger partial charge in [0.25, 0.3) is 0 Å². The van der Waals surface area contributed by atoms with E-state index < -0.39 is 0 Å². The zero-order valence-electron chi connectivity index (χ0n) is 14.2. The van der Waals surface area contributed by atoms with Crippen molar-refractivity contribution in [2.75, 3.05) is 13.2 Å². The van der Waals surface area contributed by atoms with Crippen molar-refractivity contribution in [3.8, 4) is 0 Å². The van der Waals surface area contributed by atoms with Crippen LogP contribution in [0.3, 0.4) is 0 Å². The summed E-state index contributed by atoms with van der Waals surface area (Å²) < 4.78 is 5.70. The first kappa shape index (κ1) is 22.5. The molecule has 0 amide bonds. The van der Waals surface area contributed by atoms with Gasteiger partial charge in [-0.3, -0.25) is 0 Å². The van der Waals surface area contributed by atoms with E-state index in [1.165, 1.54) is 5.56 Å². The van der Waals surface area contributed by atoms with Gasteiger partial charge in [-0.2, -0.15) is 6.42 Å². The number of aliphatic hydroxyl groups excluding tert-OH is 2. The van der Waals surface area contributed by atoms with E-state index in [1.54, 1.807) is 0 Å². The summed E-state index contributed by atoms with van der Waals surface area (Å²) in [6.07, 6.45) is 3.94. The van der Waals surface area contributed by atoms with Crippen molar-refractivity contribution in [2.45, 2.75) is 50.2 Å². The van der Waals surface area contributed by atoms with Crippen LogP contribution in [0.15, 0.2) is 24.3 Å². The van der Waals surface area contributed by atoms with Crippen LogP contribution < -0.4 is 0 Å². The number of aryl methyl sites for hydroxylation is 1. The zero-order valence-corrected chi connectivity index (χ0v) is 17.8. The first-order valence-corrected chi connectivity index (χ1v) is 8.97. The maximum absolute atomic E-state index is 10.3. The van der Waals surface area contributed by atoms with E-state index in [-0.39, 0.29) is 62.6 Å². The third-order valence-electron chi connectivity index (χ3n) is 4.76. The zero-order chi connectivity index (χ0) is 16.7. The van der Waals surface area contributed by atoms with Crippen LogP contribution in [0, 0.1) is 18.8 Å². The van der Waals surface area contributed by atoms with Gasteiger partial charge in [-0.25, -0.2) is 0 Å². The Hall–Kier alpha value is 0.494. The van der Waals surface area contributed by atoms with Crippen molar-refractivity contribution >= 4 is 11.6 Å². The van der Waals surface area contributed by atoms with Crippen LogP contribution in [0.25, 0.3) is 0 Å². The number of hydrogen-bond acceptors (Lipinski definition) is 3. The molecule has 0 bridgehead atoms. The molecule has 2 rings (SSSR count). The minimum atomic E-state index is -0.369. The normalized spacial score (nSPS) is 26.3. The summed E-state index contributed by atoms with van der Waals surface area (Å²) in [6, 6.07) is 8.01. The molecule has 4 atom stereocenters. The SMILES string of the molecule is [CH2-]CCCOC[C@H]1C(O)CC(Cl)[C@@H]1CCc1cccc(CO)c1.[Y]. The molecule has 0 aliphatic heterocycles. The van der Waals surface area contributed by atoms with Gasteiger partial charge in [0.2, 0.25) is 0 Å². The van der Waals surface area contributed by atoms with Gasteiger partial charge in [-0.15, -0.1) is 11.6 Å². The minimum Gasteiger partial charge on any atom is -0.393 e. The van der Waals surface area contributed by atoms with Gasteiger partial charge >= 0.3 is 0 Å². The summed E-state index contributed by atoms with van der Waals surface area (Å²) in [7, 11) is 0. The molecule has 1 aromatic carbocycles. The van der Waals surface area contributed by atoms with Gasteiger partial charge in [-0.1, -0.05) is 30.7 Å². The molecule has 1 aliphatic rings. The van der Waals surface area contributed by atoms with Crippen LogP contribution in [0.4, 0.5) is 0 Å². The number of halogens is 1. The van der Waals surface area contributed by atoms with E-state index in [9.17, 15) is 10.2 Å². The molecule has 0 spiro atoms. The first-order valence-electron chi connectivity index (χ1n) is 8.53. The van der Waals surface area contributed by atoms with Crippen LogP contribution in [-0.2, 0) is 50.5 Å². The number of unbranched alkanes of at least 4 members (excludes halogenated alkanes) is 1. The summed E-state index contributed by atoms with van der Waals surface area (Å²) in [6.45, 7) is 5.15. The fourth-order valence-electron chi connectivity index (χ4n) is 3.40. The standard InChI is InChI=1S/C19H28ClO3.Y/c1-2-3-9-23-13-17-16(18(20)11-19(17)22)8-7-14-5-4-6-15(10-14)12-21;/h4-6,10,16-19,21-22H,1-3,7-9,11-13H2;/q-1;/t16-,17-,18?,19?;/m1./s1. The molecule has 2 N–H and O–H groups in total. The number of ether oxygens (including phenoxy) is 1. The van der Waals surface area contributed by atoms with Crippen LogP contribution in [0.2, 0.25) is 0 Å². The Labute approximate surface area is 176 Å². The van der Waals surface area contributed by atoms with E-state index in [0.717, 1.165) is 31.2 Å². The quantitative estimate of drug-likeness (QED) is 0.360. The van der Waals surface area contributed by atoms with Gasteiger partial charge in [0.1, 0.15) is 0 Å². The molecule has 133 valence electrons. The molecule has 0 aromatic heterocycles. The topological polar surface area (TPSA) is 49.7 Å². The molecule has 3 nitrogen and oxygen atoms in total. The smallest absolute Gasteiger partial charge is 0.0681 e. The maximum atomic E-state index is 10.3. The van der Waals surface area contributed by atoms with E-state index in [2.05, 4.69) is 13.0 Å². The van der Waals surface area contributed by atoms with Gasteiger partial charge in [0.15, 0.2) is 0 Å². The van der Waals surface area contributed by atoms with E-state index in [1.807, 2.05) is 18.2 Å². The number of benzene rings is 1. The predicted octanol–water partition coefficient (Wildman–Crippen LogP) is 3.34. The summed E-state index contributed by atoms with van der Waals surface area (Å²) in [5, 5.41) is 19.5. The average Bonchev–Trinajstić information content (AvgIpc) is 2.83. The largest absolute Gasteiger partial charge is 0.393 e. The Morgan fingerprint density at radius 2 is 2.00 bits per heavy atom. The second kappa shape index (κ2) is 12.0. The molecule has 1 fully saturated rings. The Morgan fingerprint density at radius 3 is 2.71 bits per heavy atom. The van der Waals surface area contributed by atoms with Gasteiger partial charge in [0.05, 0.1) is 19.3 Å². The maximum Gasteiger partial charge on any atom is 0.0681 e. The van der Waals surface area contributed by atoms with E-state index in [4.69, 9.17) is 16.3 Å². The van der Waals surface area contributed by atoms with Gasteiger partial charge in [-0.05, 0) is 36.3 Å². The van der Waals surface area contributed by atoms with Crippen LogP contribution in [0.5, 0.6) is 0 Å². The van der Waals surface area contributed by atoms with Crippen molar-refractivity contribution in [1.82, 2.24) is 0 Å². The Bertz CT molecular complexity index is 472. The van der Waals surface area contributed by atoms with Crippen LogP contribution in [0.1, 0.15) is 36.8 Å². The summed E-state index contributed by atoms with van der Waals surface area (Å²) >= 11 is 6.47. The van der Waals surface area contributed by atoms with Crippen molar-refractivity contribution in [3.05, 3.63) is 42.3 Å². The number of hydrogen-bond donors (Lipinski definition) is 2. The summed E-state index contributed by atoms with van der Waals surface area (Å²) in [5.74, 6) is 0.382. The van der Waals surface area contributed by atoms with Crippen molar-refractivity contribution in [3.63, 3.8) is 0 Å². The molecular formula is C19H28ClO3Y-. The number of alkyl halides is 1. The number of aliphatic hydroxyl groups is 2. The van der Waals surface area contributed by atoms with Crippen molar-refractivity contribution < 1.29 is 47.7 Å². The second-order valence-electron chi connectivity index (χ2n) is 6.45. The third-order valence-corrected chi connectivity index (χ3v) is 5.27. The average molecular weight is 429 g/mol. The van der Waals surface area contributed by atoms with Gasteiger partial charge < -0.3 is 21.9 Å². The first-order chi connectivity index (χ1) is 11.2. The third kappa shape index (κ3) is 6.66. The summed E-state index contributed by atoms with van der Waals surface area (Å²) in [4.78, 5) is 0.